The van der Waals surface area contributed by atoms with Crippen LogP contribution < -0.4 is 0 Å². The highest BCUT2D eigenvalue weighted by atomic mass is 16.6. The molecule has 0 radical (unpaired) electrons. The van der Waals surface area contributed by atoms with E-state index in [1.54, 1.807) is 13.8 Å². The van der Waals surface area contributed by atoms with Crippen LogP contribution >= 0.6 is 0 Å². The minimum Gasteiger partial charge on any atom is -0.462 e. The maximum Gasteiger partial charge on any atom is 0.348 e. The number of esters is 2. The van der Waals surface area contributed by atoms with E-state index in [2.05, 4.69) is 0 Å². The van der Waals surface area contributed by atoms with Gasteiger partial charge in [0.25, 0.3) is 5.69 Å². The first kappa shape index (κ1) is 14.0. The first-order valence-corrected chi connectivity index (χ1v) is 5.93. The van der Waals surface area contributed by atoms with Gasteiger partial charge in [-0.2, -0.15) is 0 Å². The lowest BCUT2D eigenvalue weighted by Crippen LogP contribution is -2.34. The summed E-state index contributed by atoms with van der Waals surface area (Å²) in [7, 11) is 0. The molecule has 1 aliphatic heterocycles. The van der Waals surface area contributed by atoms with Crippen LogP contribution in [0.2, 0.25) is 0 Å². The first-order valence-electron chi connectivity index (χ1n) is 5.93. The first-order chi connectivity index (χ1) is 9.31. The van der Waals surface area contributed by atoms with Gasteiger partial charge in [-0.05, 0) is 12.1 Å². The zero-order chi connectivity index (χ0) is 14.9. The van der Waals surface area contributed by atoms with Crippen LogP contribution in [0.15, 0.2) is 24.3 Å². The van der Waals surface area contributed by atoms with Gasteiger partial charge in [0, 0.05) is 17.5 Å². The number of rotatable bonds is 3. The Morgan fingerprint density at radius 1 is 1.40 bits per heavy atom. The van der Waals surface area contributed by atoms with Crippen LogP contribution in [0.5, 0.6) is 0 Å². The van der Waals surface area contributed by atoms with Crippen LogP contribution in [-0.4, -0.2) is 29.6 Å². The van der Waals surface area contributed by atoms with Crippen molar-refractivity contribution in [2.75, 3.05) is 6.61 Å². The van der Waals surface area contributed by atoms with E-state index in [1.165, 1.54) is 24.3 Å². The van der Waals surface area contributed by atoms with Gasteiger partial charge in [-0.3, -0.25) is 10.1 Å². The van der Waals surface area contributed by atoms with E-state index in [4.69, 9.17) is 9.47 Å². The molecule has 7 nitrogen and oxygen atoms in total. The minimum absolute atomic E-state index is 0.123. The molecule has 0 spiro atoms. The molecule has 0 saturated carbocycles. The molecule has 0 unspecified atom stereocenters. The van der Waals surface area contributed by atoms with Crippen LogP contribution in [-0.2, 0) is 14.3 Å². The Morgan fingerprint density at radius 2 is 2.00 bits per heavy atom. The number of ether oxygens (including phenoxy) is 2. The number of cyclic esters (lactones) is 1. The summed E-state index contributed by atoms with van der Waals surface area (Å²) in [6.45, 7) is 3.70. The van der Waals surface area contributed by atoms with Gasteiger partial charge >= 0.3 is 11.9 Å². The summed E-state index contributed by atoms with van der Waals surface area (Å²) < 4.78 is 10.0. The van der Waals surface area contributed by atoms with Crippen LogP contribution in [0.3, 0.4) is 0 Å². The van der Waals surface area contributed by atoms with Gasteiger partial charge < -0.3 is 9.47 Å². The Kier molecular flexibility index (Phi) is 3.44. The average Bonchev–Trinajstić information content (AvgIpc) is 2.65. The summed E-state index contributed by atoms with van der Waals surface area (Å²) >= 11 is 0. The Labute approximate surface area is 114 Å². The lowest BCUT2D eigenvalue weighted by atomic mass is 9.90. The summed E-state index contributed by atoms with van der Waals surface area (Å²) in [4.78, 5) is 33.4. The van der Waals surface area contributed by atoms with E-state index in [1.807, 2.05) is 0 Å². The van der Waals surface area contributed by atoms with Crippen molar-refractivity contribution in [3.05, 3.63) is 39.9 Å². The molecule has 1 aliphatic rings. The molecular formula is C13H13NO6. The standard InChI is InChI=1S/C13H13NO6/c1-13(2)7-19-12(16)10(13)20-11(15)8-3-5-9(6-4-8)14(17)18/h3-6,10H,7H2,1-2H3/t10-/m1/s1. The maximum absolute atomic E-state index is 11.9. The van der Waals surface area contributed by atoms with Gasteiger partial charge in [0.1, 0.15) is 6.61 Å². The number of hydrogen-bond acceptors (Lipinski definition) is 6. The fourth-order valence-corrected chi connectivity index (χ4v) is 1.83. The Balaban J connectivity index is 2.12. The molecule has 1 fully saturated rings. The van der Waals surface area contributed by atoms with Gasteiger partial charge in [-0.25, -0.2) is 9.59 Å². The minimum atomic E-state index is -0.967. The largest absolute Gasteiger partial charge is 0.462 e. The molecule has 20 heavy (non-hydrogen) atoms. The third-order valence-electron chi connectivity index (χ3n) is 3.05. The topological polar surface area (TPSA) is 95.7 Å². The molecule has 2 rings (SSSR count). The predicted octanol–water partition coefficient (Wildman–Crippen LogP) is 1.70. The molecule has 1 aromatic rings. The molecule has 106 valence electrons. The van der Waals surface area contributed by atoms with Crippen molar-refractivity contribution in [2.45, 2.75) is 20.0 Å². The third-order valence-corrected chi connectivity index (χ3v) is 3.05. The summed E-state index contributed by atoms with van der Waals surface area (Å²) in [5.74, 6) is -1.29. The van der Waals surface area contributed by atoms with E-state index in [9.17, 15) is 19.7 Å². The highest BCUT2D eigenvalue weighted by molar-refractivity contribution is 5.92. The Morgan fingerprint density at radius 3 is 2.45 bits per heavy atom. The van der Waals surface area contributed by atoms with Crippen LogP contribution in [0.4, 0.5) is 5.69 Å². The number of nitro groups is 1. The Hall–Kier alpha value is -2.44. The fraction of sp³-hybridized carbons (Fsp3) is 0.385. The number of nitrogens with zero attached hydrogens (tertiary/aromatic N) is 1. The molecule has 0 aliphatic carbocycles. The Bertz CT molecular complexity index is 563. The monoisotopic (exact) mass is 279 g/mol. The van der Waals surface area contributed by atoms with E-state index in [0.29, 0.717) is 0 Å². The van der Waals surface area contributed by atoms with Crippen molar-refractivity contribution >= 4 is 17.6 Å². The summed E-state index contributed by atoms with van der Waals surface area (Å²) in [6.07, 6.45) is -0.967. The zero-order valence-electron chi connectivity index (χ0n) is 11.0. The van der Waals surface area contributed by atoms with Crippen molar-refractivity contribution in [1.82, 2.24) is 0 Å². The third kappa shape index (κ3) is 2.61. The van der Waals surface area contributed by atoms with Gasteiger partial charge in [0.05, 0.1) is 10.5 Å². The SMILES string of the molecule is CC1(C)COC(=O)[C@H]1OC(=O)c1ccc([N+](=O)[O-])cc1. The average molecular weight is 279 g/mol. The summed E-state index contributed by atoms with van der Waals surface area (Å²) in [5.41, 5.74) is -0.568. The van der Waals surface area contributed by atoms with Crippen molar-refractivity contribution in [3.63, 3.8) is 0 Å². The number of carbonyl (C=O) groups excluding carboxylic acids is 2. The molecule has 1 aromatic carbocycles. The molecular weight excluding hydrogens is 266 g/mol. The van der Waals surface area contributed by atoms with E-state index >= 15 is 0 Å². The zero-order valence-corrected chi connectivity index (χ0v) is 11.0. The predicted molar refractivity (Wildman–Crippen MR) is 67.0 cm³/mol. The van der Waals surface area contributed by atoms with Crippen molar-refractivity contribution in [3.8, 4) is 0 Å². The second kappa shape index (κ2) is 4.92. The van der Waals surface area contributed by atoms with Crippen molar-refractivity contribution in [1.29, 1.82) is 0 Å². The molecule has 1 heterocycles. The van der Waals surface area contributed by atoms with E-state index in [-0.39, 0.29) is 17.9 Å². The highest BCUT2D eigenvalue weighted by Gasteiger charge is 2.46. The maximum atomic E-state index is 11.9. The van der Waals surface area contributed by atoms with Crippen LogP contribution in [0.25, 0.3) is 0 Å². The van der Waals surface area contributed by atoms with Gasteiger partial charge in [-0.1, -0.05) is 13.8 Å². The second-order valence-corrected chi connectivity index (χ2v) is 5.19. The van der Waals surface area contributed by atoms with Crippen molar-refractivity contribution < 1.29 is 24.0 Å². The molecule has 0 bridgehead atoms. The lowest BCUT2D eigenvalue weighted by Gasteiger charge is -2.21. The molecule has 0 aromatic heterocycles. The van der Waals surface area contributed by atoms with Crippen molar-refractivity contribution in [2.24, 2.45) is 5.41 Å². The molecule has 7 heteroatoms. The molecule has 1 saturated heterocycles. The normalized spacial score (nSPS) is 20.3. The molecule has 0 amide bonds. The number of non-ortho nitro benzene ring substituents is 1. The number of carbonyl (C=O) groups is 2. The van der Waals surface area contributed by atoms with Gasteiger partial charge in [0.15, 0.2) is 0 Å². The van der Waals surface area contributed by atoms with Gasteiger partial charge in [0.2, 0.25) is 6.10 Å². The summed E-state index contributed by atoms with van der Waals surface area (Å²) in [5, 5.41) is 10.5. The number of nitro benzene ring substituents is 1. The fourth-order valence-electron chi connectivity index (χ4n) is 1.83. The van der Waals surface area contributed by atoms with Gasteiger partial charge in [-0.15, -0.1) is 0 Å². The summed E-state index contributed by atoms with van der Waals surface area (Å²) in [6, 6.07) is 4.98. The lowest BCUT2D eigenvalue weighted by molar-refractivity contribution is -0.384. The van der Waals surface area contributed by atoms with Crippen LogP contribution in [0.1, 0.15) is 24.2 Å². The van der Waals surface area contributed by atoms with E-state index < -0.39 is 28.4 Å². The molecule has 0 N–H and O–H groups in total. The van der Waals surface area contributed by atoms with Crippen LogP contribution in [0, 0.1) is 15.5 Å². The second-order valence-electron chi connectivity index (χ2n) is 5.19. The molecule has 1 atom stereocenters. The highest BCUT2D eigenvalue weighted by Crippen LogP contribution is 2.31. The number of hydrogen-bond donors (Lipinski definition) is 0. The van der Waals surface area contributed by atoms with E-state index in [0.717, 1.165) is 0 Å². The quantitative estimate of drug-likeness (QED) is 0.474. The number of benzene rings is 1. The smallest absolute Gasteiger partial charge is 0.348 e.